The lowest BCUT2D eigenvalue weighted by molar-refractivity contribution is 0.552. The first kappa shape index (κ1) is 15.1. The SMILES string of the molecule is CCNC(Cc1cc(C)ccc1C)c1snnc1CC. The first-order chi connectivity index (χ1) is 9.65. The number of benzene rings is 1. The van der Waals surface area contributed by atoms with Crippen molar-refractivity contribution in [2.45, 2.75) is 46.6 Å². The van der Waals surface area contributed by atoms with E-state index < -0.39 is 0 Å². The molecule has 4 heteroatoms. The summed E-state index contributed by atoms with van der Waals surface area (Å²) in [7, 11) is 0. The number of aromatic nitrogens is 2. The summed E-state index contributed by atoms with van der Waals surface area (Å²) >= 11 is 1.53. The third-order valence-corrected chi connectivity index (χ3v) is 4.50. The molecule has 1 N–H and O–H groups in total. The molecule has 2 rings (SSSR count). The molecule has 108 valence electrons. The van der Waals surface area contributed by atoms with Crippen LogP contribution >= 0.6 is 11.5 Å². The second-order valence-electron chi connectivity index (χ2n) is 5.18. The third-order valence-electron chi connectivity index (χ3n) is 3.62. The molecular weight excluding hydrogens is 266 g/mol. The molecule has 0 spiro atoms. The van der Waals surface area contributed by atoms with Gasteiger partial charge in [0, 0.05) is 6.04 Å². The molecule has 1 aromatic carbocycles. The van der Waals surface area contributed by atoms with Gasteiger partial charge in [-0.15, -0.1) is 5.10 Å². The molecule has 0 aliphatic carbocycles. The Labute approximate surface area is 125 Å². The van der Waals surface area contributed by atoms with Crippen molar-refractivity contribution in [3.05, 3.63) is 45.5 Å². The lowest BCUT2D eigenvalue weighted by Crippen LogP contribution is -2.23. The van der Waals surface area contributed by atoms with E-state index in [2.05, 4.69) is 60.8 Å². The Hall–Kier alpha value is -1.26. The molecule has 0 fully saturated rings. The van der Waals surface area contributed by atoms with Crippen LogP contribution in [0.1, 0.15) is 47.2 Å². The molecule has 1 atom stereocenters. The Balaban J connectivity index is 2.27. The first-order valence-electron chi connectivity index (χ1n) is 7.26. The normalized spacial score (nSPS) is 12.6. The van der Waals surface area contributed by atoms with Gasteiger partial charge in [-0.1, -0.05) is 42.1 Å². The van der Waals surface area contributed by atoms with Gasteiger partial charge in [-0.25, -0.2) is 0 Å². The molecule has 1 heterocycles. The van der Waals surface area contributed by atoms with E-state index in [4.69, 9.17) is 0 Å². The lowest BCUT2D eigenvalue weighted by atomic mass is 9.97. The zero-order valence-electron chi connectivity index (χ0n) is 12.7. The molecule has 0 saturated heterocycles. The smallest absolute Gasteiger partial charge is 0.0801 e. The third kappa shape index (κ3) is 3.44. The number of aryl methyl sites for hydroxylation is 3. The lowest BCUT2D eigenvalue weighted by Gasteiger charge is -2.18. The number of hydrogen-bond acceptors (Lipinski definition) is 4. The number of likely N-dealkylation sites (N-methyl/N-ethyl adjacent to an activating group) is 1. The molecule has 0 saturated carbocycles. The molecule has 0 radical (unpaired) electrons. The maximum Gasteiger partial charge on any atom is 0.0801 e. The van der Waals surface area contributed by atoms with Crippen LogP contribution < -0.4 is 5.32 Å². The van der Waals surface area contributed by atoms with Crippen LogP contribution in [-0.2, 0) is 12.8 Å². The summed E-state index contributed by atoms with van der Waals surface area (Å²) in [4.78, 5) is 1.29. The molecule has 0 aliphatic rings. The van der Waals surface area contributed by atoms with Crippen LogP contribution in [0.3, 0.4) is 0 Å². The van der Waals surface area contributed by atoms with Crippen molar-refractivity contribution in [3.8, 4) is 0 Å². The summed E-state index contributed by atoms with van der Waals surface area (Å²) in [6, 6.07) is 6.99. The van der Waals surface area contributed by atoms with Gasteiger partial charge in [0.1, 0.15) is 0 Å². The molecule has 0 amide bonds. The molecular formula is C16H23N3S. The minimum Gasteiger partial charge on any atom is -0.309 e. The first-order valence-corrected chi connectivity index (χ1v) is 8.03. The van der Waals surface area contributed by atoms with Crippen molar-refractivity contribution in [1.82, 2.24) is 14.9 Å². The topological polar surface area (TPSA) is 37.8 Å². The second-order valence-corrected chi connectivity index (χ2v) is 5.97. The highest BCUT2D eigenvalue weighted by molar-refractivity contribution is 7.05. The molecule has 3 nitrogen and oxygen atoms in total. The van der Waals surface area contributed by atoms with E-state index in [1.54, 1.807) is 0 Å². The quantitative estimate of drug-likeness (QED) is 0.882. The number of nitrogens with one attached hydrogen (secondary N) is 1. The molecule has 1 aromatic heterocycles. The standard InChI is InChI=1S/C16H23N3S/c1-5-14-16(20-19-18-14)15(17-6-2)10-13-9-11(3)7-8-12(13)4/h7-9,15,17H,5-6,10H2,1-4H3. The fourth-order valence-electron chi connectivity index (χ4n) is 2.47. The summed E-state index contributed by atoms with van der Waals surface area (Å²) < 4.78 is 4.13. The van der Waals surface area contributed by atoms with Crippen LogP contribution in [0, 0.1) is 13.8 Å². The van der Waals surface area contributed by atoms with E-state index in [-0.39, 0.29) is 0 Å². The van der Waals surface area contributed by atoms with Gasteiger partial charge in [0.05, 0.1) is 10.6 Å². The van der Waals surface area contributed by atoms with Crippen LogP contribution in [0.25, 0.3) is 0 Å². The predicted octanol–water partition coefficient (Wildman–Crippen LogP) is 3.61. The van der Waals surface area contributed by atoms with Crippen LogP contribution in [0.2, 0.25) is 0 Å². The van der Waals surface area contributed by atoms with Gasteiger partial charge in [-0.05, 0) is 55.9 Å². The van der Waals surface area contributed by atoms with Crippen molar-refractivity contribution < 1.29 is 0 Å². The highest BCUT2D eigenvalue weighted by Gasteiger charge is 2.19. The fraction of sp³-hybridized carbons (Fsp3) is 0.500. The van der Waals surface area contributed by atoms with Gasteiger partial charge < -0.3 is 5.32 Å². The van der Waals surface area contributed by atoms with Crippen LogP contribution in [0.4, 0.5) is 0 Å². The van der Waals surface area contributed by atoms with Crippen LogP contribution in [0.5, 0.6) is 0 Å². The van der Waals surface area contributed by atoms with Gasteiger partial charge in [0.15, 0.2) is 0 Å². The largest absolute Gasteiger partial charge is 0.309 e. The van der Waals surface area contributed by atoms with Gasteiger partial charge in [0.2, 0.25) is 0 Å². The number of nitrogens with zero attached hydrogens (tertiary/aromatic N) is 2. The maximum absolute atomic E-state index is 4.25. The van der Waals surface area contributed by atoms with E-state index >= 15 is 0 Å². The van der Waals surface area contributed by atoms with Gasteiger partial charge in [-0.3, -0.25) is 0 Å². The van der Waals surface area contributed by atoms with E-state index in [0.29, 0.717) is 6.04 Å². The van der Waals surface area contributed by atoms with E-state index in [1.807, 2.05) is 0 Å². The van der Waals surface area contributed by atoms with Crippen LogP contribution in [-0.4, -0.2) is 16.1 Å². The predicted molar refractivity (Wildman–Crippen MR) is 85.3 cm³/mol. The van der Waals surface area contributed by atoms with Crippen molar-refractivity contribution in [2.75, 3.05) is 6.54 Å². The zero-order chi connectivity index (χ0) is 14.5. The summed E-state index contributed by atoms with van der Waals surface area (Å²) in [6.07, 6.45) is 1.94. The van der Waals surface area contributed by atoms with Crippen molar-refractivity contribution >= 4 is 11.5 Å². The molecule has 1 unspecified atom stereocenters. The summed E-state index contributed by atoms with van der Waals surface area (Å²) in [5, 5.41) is 7.83. The molecule has 0 aliphatic heterocycles. The van der Waals surface area contributed by atoms with Crippen molar-refractivity contribution in [1.29, 1.82) is 0 Å². The highest BCUT2D eigenvalue weighted by atomic mass is 32.1. The van der Waals surface area contributed by atoms with Gasteiger partial charge in [-0.2, -0.15) is 0 Å². The highest BCUT2D eigenvalue weighted by Crippen LogP contribution is 2.26. The zero-order valence-corrected chi connectivity index (χ0v) is 13.5. The average molecular weight is 289 g/mol. The summed E-state index contributed by atoms with van der Waals surface area (Å²) in [5.41, 5.74) is 5.21. The Morgan fingerprint density at radius 3 is 2.75 bits per heavy atom. The van der Waals surface area contributed by atoms with E-state index in [1.165, 1.54) is 33.1 Å². The minimum absolute atomic E-state index is 0.315. The van der Waals surface area contributed by atoms with Crippen LogP contribution in [0.15, 0.2) is 18.2 Å². The van der Waals surface area contributed by atoms with Crippen molar-refractivity contribution in [3.63, 3.8) is 0 Å². The number of rotatable bonds is 6. The second kappa shape index (κ2) is 6.95. The van der Waals surface area contributed by atoms with Gasteiger partial charge in [0.25, 0.3) is 0 Å². The Morgan fingerprint density at radius 2 is 2.05 bits per heavy atom. The Bertz CT molecular complexity index is 563. The fourth-order valence-corrected chi connectivity index (χ4v) is 3.28. The van der Waals surface area contributed by atoms with Crippen molar-refractivity contribution in [2.24, 2.45) is 0 Å². The summed E-state index contributed by atoms with van der Waals surface area (Å²) in [5.74, 6) is 0. The maximum atomic E-state index is 4.25. The average Bonchev–Trinajstić information content (AvgIpc) is 2.90. The molecule has 20 heavy (non-hydrogen) atoms. The molecule has 0 bridgehead atoms. The minimum atomic E-state index is 0.315. The monoisotopic (exact) mass is 289 g/mol. The summed E-state index contributed by atoms with van der Waals surface area (Å²) in [6.45, 7) is 9.58. The Morgan fingerprint density at radius 1 is 1.25 bits per heavy atom. The Kier molecular flexibility index (Phi) is 5.26. The molecule has 2 aromatic rings. The van der Waals surface area contributed by atoms with Gasteiger partial charge >= 0.3 is 0 Å². The van der Waals surface area contributed by atoms with E-state index in [0.717, 1.165) is 25.1 Å². The number of hydrogen-bond donors (Lipinski definition) is 1. The van der Waals surface area contributed by atoms with E-state index in [9.17, 15) is 0 Å².